The number of amides is 2. The van der Waals surface area contributed by atoms with E-state index < -0.39 is 0 Å². The first kappa shape index (κ1) is 23.6. The lowest BCUT2D eigenvalue weighted by Crippen LogP contribution is -2.55. The summed E-state index contributed by atoms with van der Waals surface area (Å²) in [6.45, 7) is 3.39. The van der Waals surface area contributed by atoms with E-state index in [9.17, 15) is 9.59 Å². The summed E-state index contributed by atoms with van der Waals surface area (Å²) in [6, 6.07) is 20.1. The second-order valence-corrected chi connectivity index (χ2v) is 9.06. The Kier molecular flexibility index (Phi) is 7.69. The number of urea groups is 1. The molecular formula is C27H32N4O3. The molecule has 1 saturated heterocycles. The highest BCUT2D eigenvalue weighted by Crippen LogP contribution is 2.30. The number of anilines is 1. The summed E-state index contributed by atoms with van der Waals surface area (Å²) >= 11 is 0. The Morgan fingerprint density at radius 2 is 1.62 bits per heavy atom. The molecular weight excluding hydrogens is 428 g/mol. The molecule has 7 heteroatoms. The van der Waals surface area contributed by atoms with Crippen LogP contribution in [0.5, 0.6) is 0 Å². The molecule has 0 N–H and O–H groups in total. The number of esters is 1. The minimum absolute atomic E-state index is 0.0640. The molecule has 0 aromatic heterocycles. The molecule has 7 nitrogen and oxygen atoms in total. The van der Waals surface area contributed by atoms with Crippen molar-refractivity contribution in [1.29, 1.82) is 5.26 Å². The van der Waals surface area contributed by atoms with Crippen LogP contribution in [0.15, 0.2) is 54.6 Å². The first-order valence-electron chi connectivity index (χ1n) is 12.0. The Bertz CT molecular complexity index is 1000. The third-order valence-electron chi connectivity index (χ3n) is 7.03. The number of hydrogen-bond acceptors (Lipinski definition) is 5. The fourth-order valence-corrected chi connectivity index (χ4v) is 5.01. The Balaban J connectivity index is 1.42. The van der Waals surface area contributed by atoms with E-state index in [-0.39, 0.29) is 24.0 Å². The standard InChI is InChI=1S/C27H32N4O3/c1-34-26(32)23-9-13-25(14-10-23)31(20-22-5-3-2-4-6-22)27(33)30-17-15-29(16-18-30)24-11-7-21(19-28)8-12-24/h2-8,11-12,23,25H,9-10,13-18,20H2,1H3. The van der Waals surface area contributed by atoms with Gasteiger partial charge in [0, 0.05) is 44.5 Å². The SMILES string of the molecule is COC(=O)C1CCC(N(Cc2ccccc2)C(=O)N2CCN(c3ccc(C#N)cc3)CC2)CC1. The lowest BCUT2D eigenvalue weighted by molar-refractivity contribution is -0.146. The average Bonchev–Trinajstić information content (AvgIpc) is 2.92. The number of methoxy groups -OCH3 is 1. The smallest absolute Gasteiger partial charge is 0.320 e. The van der Waals surface area contributed by atoms with Gasteiger partial charge in [-0.15, -0.1) is 0 Å². The summed E-state index contributed by atoms with van der Waals surface area (Å²) in [5.74, 6) is -0.204. The number of hydrogen-bond donors (Lipinski definition) is 0. The molecule has 0 spiro atoms. The van der Waals surface area contributed by atoms with E-state index in [4.69, 9.17) is 10.00 Å². The zero-order valence-electron chi connectivity index (χ0n) is 19.7. The summed E-state index contributed by atoms with van der Waals surface area (Å²) in [6.07, 6.45) is 3.12. The second kappa shape index (κ2) is 11.1. The fourth-order valence-electron chi connectivity index (χ4n) is 5.01. The molecule has 2 aliphatic rings. The van der Waals surface area contributed by atoms with Crippen molar-refractivity contribution < 1.29 is 14.3 Å². The van der Waals surface area contributed by atoms with Crippen molar-refractivity contribution in [2.24, 2.45) is 5.92 Å². The predicted octanol–water partition coefficient (Wildman–Crippen LogP) is 4.03. The predicted molar refractivity (Wildman–Crippen MR) is 130 cm³/mol. The maximum absolute atomic E-state index is 13.7. The monoisotopic (exact) mass is 460 g/mol. The van der Waals surface area contributed by atoms with Crippen LogP contribution in [0.1, 0.15) is 36.8 Å². The maximum atomic E-state index is 13.7. The van der Waals surface area contributed by atoms with Gasteiger partial charge in [-0.2, -0.15) is 5.26 Å². The van der Waals surface area contributed by atoms with E-state index in [0.717, 1.165) is 50.0 Å². The van der Waals surface area contributed by atoms with Crippen LogP contribution in [0, 0.1) is 17.2 Å². The van der Waals surface area contributed by atoms with E-state index in [0.29, 0.717) is 25.2 Å². The molecule has 0 unspecified atom stereocenters. The highest BCUT2D eigenvalue weighted by molar-refractivity contribution is 5.76. The summed E-state index contributed by atoms with van der Waals surface area (Å²) in [5, 5.41) is 9.02. The van der Waals surface area contributed by atoms with Gasteiger partial charge in [0.25, 0.3) is 0 Å². The largest absolute Gasteiger partial charge is 0.469 e. The van der Waals surface area contributed by atoms with Gasteiger partial charge in [0.2, 0.25) is 0 Å². The summed E-state index contributed by atoms with van der Waals surface area (Å²) < 4.78 is 4.93. The lowest BCUT2D eigenvalue weighted by Gasteiger charge is -2.42. The highest BCUT2D eigenvalue weighted by Gasteiger charge is 2.34. The van der Waals surface area contributed by atoms with Gasteiger partial charge in [0.05, 0.1) is 24.7 Å². The zero-order valence-corrected chi connectivity index (χ0v) is 19.7. The van der Waals surface area contributed by atoms with E-state index >= 15 is 0 Å². The first-order chi connectivity index (χ1) is 16.6. The molecule has 0 bridgehead atoms. The molecule has 4 rings (SSSR count). The van der Waals surface area contributed by atoms with Crippen LogP contribution in [-0.2, 0) is 16.1 Å². The quantitative estimate of drug-likeness (QED) is 0.630. The average molecular weight is 461 g/mol. The van der Waals surface area contributed by atoms with Crippen LogP contribution in [0.4, 0.5) is 10.5 Å². The van der Waals surface area contributed by atoms with Crippen LogP contribution >= 0.6 is 0 Å². The van der Waals surface area contributed by atoms with Crippen LogP contribution in [0.3, 0.4) is 0 Å². The van der Waals surface area contributed by atoms with Gasteiger partial charge in [-0.05, 0) is 55.5 Å². The summed E-state index contributed by atoms with van der Waals surface area (Å²) in [5.41, 5.74) is 2.84. The third kappa shape index (κ3) is 5.51. The fraction of sp³-hybridized carbons (Fsp3) is 0.444. The second-order valence-electron chi connectivity index (χ2n) is 9.06. The van der Waals surface area contributed by atoms with Gasteiger partial charge >= 0.3 is 12.0 Å². The van der Waals surface area contributed by atoms with Crippen LogP contribution in [0.25, 0.3) is 0 Å². The number of piperazine rings is 1. The number of benzene rings is 2. The lowest BCUT2D eigenvalue weighted by atomic mass is 9.85. The summed E-state index contributed by atoms with van der Waals surface area (Å²) in [7, 11) is 1.44. The van der Waals surface area contributed by atoms with E-state index in [1.54, 1.807) is 0 Å². The normalized spacial score (nSPS) is 20.4. The molecule has 34 heavy (non-hydrogen) atoms. The summed E-state index contributed by atoms with van der Waals surface area (Å²) in [4.78, 5) is 31.9. The van der Waals surface area contributed by atoms with Crippen molar-refractivity contribution in [2.45, 2.75) is 38.3 Å². The van der Waals surface area contributed by atoms with Gasteiger partial charge in [-0.3, -0.25) is 4.79 Å². The van der Waals surface area contributed by atoms with Gasteiger partial charge in [-0.25, -0.2) is 4.79 Å². The maximum Gasteiger partial charge on any atom is 0.320 e. The van der Waals surface area contributed by atoms with E-state index in [1.807, 2.05) is 52.3 Å². The first-order valence-corrected chi connectivity index (χ1v) is 12.0. The van der Waals surface area contributed by atoms with Gasteiger partial charge < -0.3 is 19.4 Å². The van der Waals surface area contributed by atoms with Gasteiger partial charge in [0.15, 0.2) is 0 Å². The molecule has 178 valence electrons. The molecule has 2 fully saturated rings. The Morgan fingerprint density at radius 1 is 0.971 bits per heavy atom. The number of carbonyl (C=O) groups excluding carboxylic acids is 2. The Labute approximate surface area is 201 Å². The Hall–Kier alpha value is -3.53. The van der Waals surface area contributed by atoms with Gasteiger partial charge in [0.1, 0.15) is 0 Å². The van der Waals surface area contributed by atoms with Crippen molar-refractivity contribution in [1.82, 2.24) is 9.80 Å². The molecule has 2 aromatic rings. The van der Waals surface area contributed by atoms with Crippen LogP contribution < -0.4 is 4.90 Å². The van der Waals surface area contributed by atoms with Gasteiger partial charge in [-0.1, -0.05) is 30.3 Å². The van der Waals surface area contributed by atoms with Crippen molar-refractivity contribution >= 4 is 17.7 Å². The van der Waals surface area contributed by atoms with E-state index in [2.05, 4.69) is 23.1 Å². The number of ether oxygens (including phenoxy) is 1. The molecule has 1 saturated carbocycles. The number of rotatable bonds is 5. The zero-order chi connectivity index (χ0) is 23.9. The number of nitriles is 1. The number of nitrogens with zero attached hydrogens (tertiary/aromatic N) is 4. The molecule has 2 amide bonds. The highest BCUT2D eigenvalue weighted by atomic mass is 16.5. The third-order valence-corrected chi connectivity index (χ3v) is 7.03. The molecule has 1 heterocycles. The van der Waals surface area contributed by atoms with Crippen molar-refractivity contribution in [3.05, 3.63) is 65.7 Å². The molecule has 1 aliphatic carbocycles. The van der Waals surface area contributed by atoms with Crippen LogP contribution in [0.2, 0.25) is 0 Å². The Morgan fingerprint density at radius 3 is 2.21 bits per heavy atom. The minimum atomic E-state index is -0.140. The molecule has 2 aromatic carbocycles. The van der Waals surface area contributed by atoms with Crippen molar-refractivity contribution in [3.63, 3.8) is 0 Å². The topological polar surface area (TPSA) is 76.9 Å². The van der Waals surface area contributed by atoms with Crippen LogP contribution in [-0.4, -0.2) is 61.1 Å². The van der Waals surface area contributed by atoms with E-state index in [1.165, 1.54) is 7.11 Å². The van der Waals surface area contributed by atoms with Crippen molar-refractivity contribution in [2.75, 3.05) is 38.2 Å². The molecule has 1 aliphatic heterocycles. The molecule has 0 atom stereocenters. The minimum Gasteiger partial charge on any atom is -0.469 e. The molecule has 0 radical (unpaired) electrons. The number of carbonyl (C=O) groups is 2. The van der Waals surface area contributed by atoms with Crippen molar-refractivity contribution in [3.8, 4) is 6.07 Å².